The predicted molar refractivity (Wildman–Crippen MR) is 109 cm³/mol. The topological polar surface area (TPSA) is 52.6 Å². The molecule has 2 rings (SSSR count). The van der Waals surface area contributed by atoms with Crippen molar-refractivity contribution >= 4 is 17.3 Å². The Morgan fingerprint density at radius 3 is 2.80 bits per heavy atom. The highest BCUT2D eigenvalue weighted by Crippen LogP contribution is 2.19. The zero-order valence-electron chi connectivity index (χ0n) is 16.6. The summed E-state index contributed by atoms with van der Waals surface area (Å²) in [4.78, 5) is 13.4. The van der Waals surface area contributed by atoms with Crippen molar-refractivity contribution in [1.29, 1.82) is 0 Å². The molecule has 0 aromatic carbocycles. The van der Waals surface area contributed by atoms with E-state index >= 15 is 0 Å². The summed E-state index contributed by atoms with van der Waals surface area (Å²) < 4.78 is 0. The van der Waals surface area contributed by atoms with Gasteiger partial charge in [0.05, 0.1) is 17.2 Å². The molecule has 5 nitrogen and oxygen atoms in total. The van der Waals surface area contributed by atoms with Gasteiger partial charge in [0.15, 0.2) is 5.96 Å². The SMILES string of the molecule is CCNC(=NC[C@H]1CCCN1CC(C)C)NCCc1nc(C)c(C)s1. The Hall–Kier alpha value is -1.14. The Bertz CT molecular complexity index is 533. The van der Waals surface area contributed by atoms with Gasteiger partial charge < -0.3 is 10.6 Å². The van der Waals surface area contributed by atoms with Crippen LogP contribution in [0, 0.1) is 19.8 Å². The Labute approximate surface area is 157 Å². The average Bonchev–Trinajstić information content (AvgIpc) is 3.11. The molecule has 1 aromatic rings. The fourth-order valence-corrected chi connectivity index (χ4v) is 4.22. The van der Waals surface area contributed by atoms with E-state index in [0.29, 0.717) is 6.04 Å². The molecular weight excluding hydrogens is 330 g/mol. The molecular formula is C19H35N5S. The van der Waals surface area contributed by atoms with Crippen molar-refractivity contribution in [3.05, 3.63) is 15.6 Å². The van der Waals surface area contributed by atoms with E-state index in [1.165, 1.54) is 35.8 Å². The van der Waals surface area contributed by atoms with Crippen molar-refractivity contribution in [3.8, 4) is 0 Å². The van der Waals surface area contributed by atoms with Crippen molar-refractivity contribution in [3.63, 3.8) is 0 Å². The number of nitrogens with zero attached hydrogens (tertiary/aromatic N) is 3. The molecule has 0 radical (unpaired) electrons. The van der Waals surface area contributed by atoms with Crippen molar-refractivity contribution < 1.29 is 0 Å². The smallest absolute Gasteiger partial charge is 0.191 e. The highest BCUT2D eigenvalue weighted by Gasteiger charge is 2.24. The summed E-state index contributed by atoms with van der Waals surface area (Å²) >= 11 is 1.80. The maximum atomic E-state index is 4.84. The Morgan fingerprint density at radius 2 is 2.16 bits per heavy atom. The minimum atomic E-state index is 0.599. The van der Waals surface area contributed by atoms with Gasteiger partial charge in [0, 0.05) is 37.0 Å². The van der Waals surface area contributed by atoms with Crippen LogP contribution in [0.25, 0.3) is 0 Å². The largest absolute Gasteiger partial charge is 0.357 e. The first-order valence-electron chi connectivity index (χ1n) is 9.68. The van der Waals surface area contributed by atoms with Crippen LogP contribution >= 0.6 is 11.3 Å². The third-order valence-electron chi connectivity index (χ3n) is 4.61. The Kier molecular flexibility index (Phi) is 8.16. The molecule has 1 aliphatic rings. The van der Waals surface area contributed by atoms with Crippen LogP contribution in [0.5, 0.6) is 0 Å². The Morgan fingerprint density at radius 1 is 1.36 bits per heavy atom. The summed E-state index contributed by atoms with van der Waals surface area (Å²) in [7, 11) is 0. The minimum absolute atomic E-state index is 0.599. The molecule has 1 saturated heterocycles. The second-order valence-electron chi connectivity index (χ2n) is 7.33. The number of likely N-dealkylation sites (tertiary alicyclic amines) is 1. The lowest BCUT2D eigenvalue weighted by molar-refractivity contribution is 0.231. The minimum Gasteiger partial charge on any atom is -0.357 e. The van der Waals surface area contributed by atoms with Gasteiger partial charge in [-0.1, -0.05) is 13.8 Å². The van der Waals surface area contributed by atoms with Gasteiger partial charge in [-0.25, -0.2) is 4.98 Å². The zero-order chi connectivity index (χ0) is 18.2. The summed E-state index contributed by atoms with van der Waals surface area (Å²) in [6, 6.07) is 0.599. The van der Waals surface area contributed by atoms with Crippen molar-refractivity contribution in [2.75, 3.05) is 32.7 Å². The summed E-state index contributed by atoms with van der Waals surface area (Å²) in [6.45, 7) is 16.0. The first-order chi connectivity index (χ1) is 12.0. The van der Waals surface area contributed by atoms with E-state index < -0.39 is 0 Å². The Balaban J connectivity index is 1.83. The van der Waals surface area contributed by atoms with E-state index in [-0.39, 0.29) is 0 Å². The fourth-order valence-electron chi connectivity index (χ4n) is 3.28. The van der Waals surface area contributed by atoms with Crippen LogP contribution in [0.3, 0.4) is 0 Å². The lowest BCUT2D eigenvalue weighted by Gasteiger charge is -2.25. The molecule has 0 saturated carbocycles. The molecule has 1 aromatic heterocycles. The monoisotopic (exact) mass is 365 g/mol. The van der Waals surface area contributed by atoms with Gasteiger partial charge in [-0.2, -0.15) is 0 Å². The third kappa shape index (κ3) is 6.59. The van der Waals surface area contributed by atoms with E-state index in [4.69, 9.17) is 4.99 Å². The molecule has 0 amide bonds. The molecule has 0 bridgehead atoms. The molecule has 1 fully saturated rings. The number of hydrogen-bond acceptors (Lipinski definition) is 4. The molecule has 0 spiro atoms. The normalized spacial score (nSPS) is 19.0. The van der Waals surface area contributed by atoms with Crippen LogP contribution in [0.15, 0.2) is 4.99 Å². The van der Waals surface area contributed by atoms with Crippen molar-refractivity contribution in [2.24, 2.45) is 10.9 Å². The summed E-state index contributed by atoms with van der Waals surface area (Å²) in [6.07, 6.45) is 3.53. The molecule has 142 valence electrons. The number of aromatic nitrogens is 1. The van der Waals surface area contributed by atoms with Gasteiger partial charge in [-0.3, -0.25) is 9.89 Å². The van der Waals surface area contributed by atoms with E-state index in [0.717, 1.165) is 43.6 Å². The van der Waals surface area contributed by atoms with E-state index in [2.05, 4.69) is 55.1 Å². The molecule has 0 unspecified atom stereocenters. The van der Waals surface area contributed by atoms with Gasteiger partial charge in [0.1, 0.15) is 0 Å². The quantitative estimate of drug-likeness (QED) is 0.549. The van der Waals surface area contributed by atoms with Crippen LogP contribution in [0.4, 0.5) is 0 Å². The number of aliphatic imine (C=N–C) groups is 1. The lowest BCUT2D eigenvalue weighted by atomic mass is 10.2. The van der Waals surface area contributed by atoms with Crippen molar-refractivity contribution in [1.82, 2.24) is 20.5 Å². The molecule has 2 heterocycles. The van der Waals surface area contributed by atoms with Gasteiger partial charge >= 0.3 is 0 Å². The summed E-state index contributed by atoms with van der Waals surface area (Å²) in [5, 5.41) is 8.04. The lowest BCUT2D eigenvalue weighted by Crippen LogP contribution is -2.40. The second kappa shape index (κ2) is 10.1. The maximum Gasteiger partial charge on any atom is 0.191 e. The first kappa shape index (κ1) is 20.2. The molecule has 0 aliphatic carbocycles. The van der Waals surface area contributed by atoms with Crippen LogP contribution in [0.2, 0.25) is 0 Å². The molecule has 6 heteroatoms. The van der Waals surface area contributed by atoms with E-state index in [9.17, 15) is 0 Å². The van der Waals surface area contributed by atoms with Crippen LogP contribution in [0.1, 0.15) is 49.2 Å². The number of thiazole rings is 1. The van der Waals surface area contributed by atoms with Crippen LogP contribution in [-0.4, -0.2) is 54.6 Å². The predicted octanol–water partition coefficient (Wildman–Crippen LogP) is 2.98. The van der Waals surface area contributed by atoms with Gasteiger partial charge in [-0.05, 0) is 46.1 Å². The molecule has 25 heavy (non-hydrogen) atoms. The van der Waals surface area contributed by atoms with Gasteiger partial charge in [0.25, 0.3) is 0 Å². The maximum absolute atomic E-state index is 4.84. The number of aryl methyl sites for hydroxylation is 2. The van der Waals surface area contributed by atoms with Crippen molar-refractivity contribution in [2.45, 2.75) is 59.9 Å². The van der Waals surface area contributed by atoms with Gasteiger partial charge in [0.2, 0.25) is 0 Å². The standard InChI is InChI=1S/C19H35N5S/c1-6-20-19(21-10-9-18-23-15(4)16(5)25-18)22-12-17-8-7-11-24(17)13-14(2)3/h14,17H,6-13H2,1-5H3,(H2,20,21,22)/t17-/m1/s1. The molecule has 1 atom stereocenters. The summed E-state index contributed by atoms with van der Waals surface area (Å²) in [5.74, 6) is 1.66. The van der Waals surface area contributed by atoms with Crippen LogP contribution < -0.4 is 10.6 Å². The number of nitrogens with one attached hydrogen (secondary N) is 2. The zero-order valence-corrected chi connectivity index (χ0v) is 17.4. The summed E-state index contributed by atoms with van der Waals surface area (Å²) in [5.41, 5.74) is 1.16. The highest BCUT2D eigenvalue weighted by molar-refractivity contribution is 7.11. The number of guanidine groups is 1. The second-order valence-corrected chi connectivity index (χ2v) is 8.62. The average molecular weight is 366 g/mol. The van der Waals surface area contributed by atoms with E-state index in [1.54, 1.807) is 11.3 Å². The number of hydrogen-bond donors (Lipinski definition) is 2. The molecule has 2 N–H and O–H groups in total. The fraction of sp³-hybridized carbons (Fsp3) is 0.789. The van der Waals surface area contributed by atoms with Crippen LogP contribution in [-0.2, 0) is 6.42 Å². The number of rotatable bonds is 8. The third-order valence-corrected chi connectivity index (χ3v) is 5.74. The highest BCUT2D eigenvalue weighted by atomic mass is 32.1. The first-order valence-corrected chi connectivity index (χ1v) is 10.5. The van der Waals surface area contributed by atoms with Gasteiger partial charge in [-0.15, -0.1) is 11.3 Å². The van der Waals surface area contributed by atoms with E-state index in [1.807, 2.05) is 0 Å². The molecule has 1 aliphatic heterocycles.